The van der Waals surface area contributed by atoms with Gasteiger partial charge in [-0.15, -0.1) is 0 Å². The van der Waals surface area contributed by atoms with Gasteiger partial charge in [0.25, 0.3) is 0 Å². The van der Waals surface area contributed by atoms with E-state index in [4.69, 9.17) is 14.2 Å². The number of aryl methyl sites for hydroxylation is 4. The first-order chi connectivity index (χ1) is 36.4. The summed E-state index contributed by atoms with van der Waals surface area (Å²) in [5.74, 6) is 0.111. The first-order valence-corrected chi connectivity index (χ1v) is 27.5. The summed E-state index contributed by atoms with van der Waals surface area (Å²) in [4.78, 5) is 24.1. The average Bonchev–Trinajstić information content (AvgIpc) is 4.18. The molecule has 0 saturated heterocycles. The van der Waals surface area contributed by atoms with Gasteiger partial charge in [-0.3, -0.25) is 9.59 Å². The summed E-state index contributed by atoms with van der Waals surface area (Å²) in [5.41, 5.74) is 16.7. The molecule has 6 aromatic carbocycles. The number of benzene rings is 6. The third-order valence-corrected chi connectivity index (χ3v) is 18.0. The number of esters is 1. The summed E-state index contributed by atoms with van der Waals surface area (Å²) >= 11 is 0. The molecule has 2 fully saturated rings. The SMILES string of the molecule is CCOC(=O)[C@H]1C[C@@]12CCc1ccc(OCc3ccc(-c4cc(C)ccc4F)c(C4=CCCC4(C)C)c3)cc12.Cc1ccc(F)c(-c2ccc(COc3ccc4c(c3)[C@@]3(CC4)C[C@@H]3C(=O)O)cc2C2=CCCC2(C)C)c1. The van der Waals surface area contributed by atoms with Crippen molar-refractivity contribution in [2.24, 2.45) is 22.7 Å². The zero-order chi connectivity index (χ0) is 53.3. The van der Waals surface area contributed by atoms with Gasteiger partial charge in [-0.25, -0.2) is 8.78 Å². The molecule has 0 amide bonds. The van der Waals surface area contributed by atoms with E-state index in [1.807, 2.05) is 69.3 Å². The first-order valence-electron chi connectivity index (χ1n) is 27.5. The molecule has 0 aliphatic heterocycles. The fourth-order valence-electron chi connectivity index (χ4n) is 13.5. The van der Waals surface area contributed by atoms with Crippen molar-refractivity contribution in [1.82, 2.24) is 0 Å². The second-order valence-corrected chi connectivity index (χ2v) is 23.9. The summed E-state index contributed by atoms with van der Waals surface area (Å²) in [6.07, 6.45) is 14.3. The van der Waals surface area contributed by atoms with E-state index in [1.54, 1.807) is 18.2 Å². The number of fused-ring (bicyclic) bond motifs is 4. The summed E-state index contributed by atoms with van der Waals surface area (Å²) in [7, 11) is 0. The maximum absolute atomic E-state index is 15.0. The minimum absolute atomic E-state index is 0.0216. The fraction of sp³-hybridized carbons (Fsp3) is 0.382. The van der Waals surface area contributed by atoms with Crippen LogP contribution in [-0.4, -0.2) is 23.7 Å². The predicted octanol–water partition coefficient (Wildman–Crippen LogP) is 16.2. The number of halogens is 2. The van der Waals surface area contributed by atoms with Crippen LogP contribution in [0.25, 0.3) is 33.4 Å². The predicted molar refractivity (Wildman–Crippen MR) is 297 cm³/mol. The zero-order valence-electron chi connectivity index (χ0n) is 45.1. The van der Waals surface area contributed by atoms with Crippen LogP contribution in [0.15, 0.2) is 121 Å². The number of allylic oxidation sites excluding steroid dienone is 4. The van der Waals surface area contributed by atoms with Crippen molar-refractivity contribution in [3.05, 3.63) is 189 Å². The van der Waals surface area contributed by atoms with Crippen molar-refractivity contribution < 1.29 is 37.7 Å². The van der Waals surface area contributed by atoms with Crippen molar-refractivity contribution in [1.29, 1.82) is 0 Å². The van der Waals surface area contributed by atoms with Gasteiger partial charge in [0, 0.05) is 22.0 Å². The number of carboxylic acids is 1. The Hall–Kier alpha value is -6.80. The molecule has 6 aromatic rings. The lowest BCUT2D eigenvalue weighted by Gasteiger charge is -2.25. The maximum atomic E-state index is 15.0. The number of rotatable bonds is 13. The van der Waals surface area contributed by atoms with Crippen LogP contribution in [0.1, 0.15) is 142 Å². The highest BCUT2D eigenvalue weighted by molar-refractivity contribution is 5.87. The van der Waals surface area contributed by atoms with E-state index in [0.717, 1.165) is 126 Å². The number of carbonyl (C=O) groups is 2. The lowest BCUT2D eigenvalue weighted by atomic mass is 9.79. The highest BCUT2D eigenvalue weighted by Gasteiger charge is 2.63. The quantitative estimate of drug-likeness (QED) is 0.116. The summed E-state index contributed by atoms with van der Waals surface area (Å²) in [5, 5.41) is 9.56. The molecule has 0 heterocycles. The van der Waals surface area contributed by atoms with Gasteiger partial charge in [-0.05, 0) is 223 Å². The molecule has 1 N–H and O–H groups in total. The standard InChI is InChI=1S/C35H37FO3.C33H33FO3/c1-5-38-33(37)31-20-35(31)16-14-24-10-11-25(19-30(24)35)39-21-23-9-12-26(28-17-22(2)8-13-32(28)36)27(18-23)29-7-6-15-34(29,3)4;1-20-6-11-30(34)26(15-20)24-10-7-21(16-25(24)27-5-4-13-32(27,2)3)19-37-23-9-8-22-12-14-33(28(22)17-23)18-29(33)31(35)36/h7-13,17-19,31H,5-6,14-16,20-21H2,1-4H3;5-11,15-17,29H,4,12-14,18-19H2,1-3H3,(H,35,36)/t31-,35-;29-,33-/m11/s1. The molecule has 2 saturated carbocycles. The van der Waals surface area contributed by atoms with Crippen LogP contribution in [0.2, 0.25) is 0 Å². The van der Waals surface area contributed by atoms with E-state index < -0.39 is 5.97 Å². The van der Waals surface area contributed by atoms with E-state index in [9.17, 15) is 19.1 Å². The van der Waals surface area contributed by atoms with Crippen molar-refractivity contribution >= 4 is 23.1 Å². The van der Waals surface area contributed by atoms with Gasteiger partial charge in [0.2, 0.25) is 0 Å². The number of carboxylic acid groups (broad SMARTS) is 1. The van der Waals surface area contributed by atoms with Crippen LogP contribution in [0, 0.1) is 48.1 Å². The molecule has 12 rings (SSSR count). The molecule has 6 aliphatic carbocycles. The summed E-state index contributed by atoms with van der Waals surface area (Å²) < 4.78 is 47.9. The molecule has 392 valence electrons. The molecule has 6 aliphatic rings. The summed E-state index contributed by atoms with van der Waals surface area (Å²) in [6.45, 7) is 16.2. The van der Waals surface area contributed by atoms with Crippen LogP contribution in [-0.2, 0) is 51.2 Å². The van der Waals surface area contributed by atoms with E-state index in [-0.39, 0.29) is 51.1 Å². The van der Waals surface area contributed by atoms with Crippen molar-refractivity contribution in [2.45, 2.75) is 137 Å². The Morgan fingerprint density at radius 1 is 0.553 bits per heavy atom. The van der Waals surface area contributed by atoms with Crippen LogP contribution < -0.4 is 9.47 Å². The second kappa shape index (κ2) is 19.6. The van der Waals surface area contributed by atoms with E-state index >= 15 is 4.39 Å². The number of aliphatic carboxylic acids is 1. The highest BCUT2D eigenvalue weighted by atomic mass is 19.1. The van der Waals surface area contributed by atoms with E-state index in [1.165, 1.54) is 27.8 Å². The van der Waals surface area contributed by atoms with Gasteiger partial charge in [0.05, 0.1) is 18.4 Å². The molecule has 0 aromatic heterocycles. The topological polar surface area (TPSA) is 82.1 Å². The summed E-state index contributed by atoms with van der Waals surface area (Å²) in [6, 6.07) is 35.6. The van der Waals surface area contributed by atoms with Crippen molar-refractivity contribution in [3.63, 3.8) is 0 Å². The van der Waals surface area contributed by atoms with E-state index in [0.29, 0.717) is 30.9 Å². The minimum Gasteiger partial charge on any atom is -0.489 e. The van der Waals surface area contributed by atoms with Gasteiger partial charge in [0.15, 0.2) is 0 Å². The monoisotopic (exact) mass is 1020 g/mol. The highest BCUT2D eigenvalue weighted by Crippen LogP contribution is 2.63. The third-order valence-electron chi connectivity index (χ3n) is 18.0. The number of hydrogen-bond donors (Lipinski definition) is 1. The van der Waals surface area contributed by atoms with Gasteiger partial charge in [-0.1, -0.05) is 99.5 Å². The number of carbonyl (C=O) groups excluding carboxylic acids is 1. The number of ether oxygens (including phenoxy) is 3. The molecule has 0 bridgehead atoms. The van der Waals surface area contributed by atoms with Crippen LogP contribution >= 0.6 is 0 Å². The average molecular weight is 1020 g/mol. The molecule has 4 atom stereocenters. The molecule has 2 spiro atoms. The fourth-order valence-corrected chi connectivity index (χ4v) is 13.5. The van der Waals surface area contributed by atoms with Gasteiger partial charge < -0.3 is 19.3 Å². The lowest BCUT2D eigenvalue weighted by molar-refractivity contribution is -0.145. The van der Waals surface area contributed by atoms with Gasteiger partial charge >= 0.3 is 11.9 Å². The molecule has 8 heteroatoms. The van der Waals surface area contributed by atoms with Crippen LogP contribution in [0.4, 0.5) is 8.78 Å². The molecule has 76 heavy (non-hydrogen) atoms. The first kappa shape index (κ1) is 51.3. The van der Waals surface area contributed by atoms with Crippen LogP contribution in [0.5, 0.6) is 11.5 Å². The van der Waals surface area contributed by atoms with Crippen molar-refractivity contribution in [2.75, 3.05) is 6.61 Å². The Morgan fingerprint density at radius 2 is 1.01 bits per heavy atom. The third kappa shape index (κ3) is 9.49. The molecular formula is C68H70F2O6. The Kier molecular flexibility index (Phi) is 13.3. The Balaban J connectivity index is 0.000000162. The maximum Gasteiger partial charge on any atom is 0.309 e. The largest absolute Gasteiger partial charge is 0.489 e. The second-order valence-electron chi connectivity index (χ2n) is 23.9. The smallest absolute Gasteiger partial charge is 0.309 e. The van der Waals surface area contributed by atoms with Crippen molar-refractivity contribution in [3.8, 4) is 33.8 Å². The molecule has 0 unspecified atom stereocenters. The number of hydrogen-bond acceptors (Lipinski definition) is 5. The zero-order valence-corrected chi connectivity index (χ0v) is 45.1. The van der Waals surface area contributed by atoms with Crippen LogP contribution in [0.3, 0.4) is 0 Å². The molecule has 0 radical (unpaired) electrons. The van der Waals surface area contributed by atoms with Gasteiger partial charge in [0.1, 0.15) is 36.3 Å². The van der Waals surface area contributed by atoms with Gasteiger partial charge in [-0.2, -0.15) is 0 Å². The Morgan fingerprint density at radius 3 is 1.43 bits per heavy atom. The minimum atomic E-state index is -0.694. The van der Waals surface area contributed by atoms with E-state index in [2.05, 4.69) is 82.3 Å². The Labute approximate surface area is 447 Å². The molecule has 6 nitrogen and oxygen atoms in total. The lowest BCUT2D eigenvalue weighted by Crippen LogP contribution is -2.15. The normalized spacial score (nSPS) is 22.8. The molecular weight excluding hydrogens is 951 g/mol. The Bertz CT molecular complexity index is 3380.